The van der Waals surface area contributed by atoms with Crippen LogP contribution in [-0.4, -0.2) is 14.8 Å². The van der Waals surface area contributed by atoms with Crippen LogP contribution in [-0.2, 0) is 6.54 Å². The maximum absolute atomic E-state index is 5.54. The second-order valence-electron chi connectivity index (χ2n) is 3.91. The third kappa shape index (κ3) is 1.72. The molecule has 1 aromatic heterocycles. The molecule has 0 saturated heterocycles. The Morgan fingerprint density at radius 2 is 2.00 bits per heavy atom. The molecule has 1 aromatic carbocycles. The van der Waals surface area contributed by atoms with Crippen molar-refractivity contribution in [3.63, 3.8) is 0 Å². The van der Waals surface area contributed by atoms with E-state index in [-0.39, 0.29) is 0 Å². The summed E-state index contributed by atoms with van der Waals surface area (Å²) in [7, 11) is 0. The Balaban J connectivity index is 2.58. The smallest absolute Gasteiger partial charge is 0.164 e. The van der Waals surface area contributed by atoms with E-state index < -0.39 is 0 Å². The molecule has 0 aliphatic heterocycles. The first-order chi connectivity index (χ1) is 7.63. The van der Waals surface area contributed by atoms with Crippen LogP contribution in [0.3, 0.4) is 0 Å². The Kier molecular flexibility index (Phi) is 2.75. The van der Waals surface area contributed by atoms with Crippen molar-refractivity contribution in [2.75, 3.05) is 0 Å². The molecule has 0 amide bonds. The van der Waals surface area contributed by atoms with Gasteiger partial charge >= 0.3 is 0 Å². The minimum Gasteiger partial charge on any atom is -0.324 e. The summed E-state index contributed by atoms with van der Waals surface area (Å²) < 4.78 is 1.85. The molecule has 2 aromatic rings. The van der Waals surface area contributed by atoms with Gasteiger partial charge in [-0.1, -0.05) is 12.1 Å². The Morgan fingerprint density at radius 3 is 2.62 bits per heavy atom. The van der Waals surface area contributed by atoms with Gasteiger partial charge in [-0.05, 0) is 38.0 Å². The SMILES string of the molecule is Cc1cccc(-n2nc(CN)nc2C)c1C. The van der Waals surface area contributed by atoms with E-state index in [9.17, 15) is 0 Å². The van der Waals surface area contributed by atoms with E-state index in [2.05, 4.69) is 30.0 Å². The van der Waals surface area contributed by atoms with Crippen molar-refractivity contribution in [1.29, 1.82) is 0 Å². The second-order valence-corrected chi connectivity index (χ2v) is 3.91. The van der Waals surface area contributed by atoms with Crippen molar-refractivity contribution >= 4 is 0 Å². The van der Waals surface area contributed by atoms with Gasteiger partial charge in [0.05, 0.1) is 12.2 Å². The normalized spacial score (nSPS) is 10.8. The highest BCUT2D eigenvalue weighted by Crippen LogP contribution is 2.17. The van der Waals surface area contributed by atoms with Gasteiger partial charge in [0.15, 0.2) is 5.82 Å². The van der Waals surface area contributed by atoms with Crippen LogP contribution in [0.5, 0.6) is 0 Å². The maximum atomic E-state index is 5.54. The molecule has 84 valence electrons. The van der Waals surface area contributed by atoms with Gasteiger partial charge in [-0.2, -0.15) is 0 Å². The minimum atomic E-state index is 0.374. The van der Waals surface area contributed by atoms with Gasteiger partial charge in [-0.15, -0.1) is 5.10 Å². The van der Waals surface area contributed by atoms with E-state index in [0.29, 0.717) is 12.4 Å². The second kappa shape index (κ2) is 4.06. The molecule has 16 heavy (non-hydrogen) atoms. The van der Waals surface area contributed by atoms with Crippen LogP contribution in [0.2, 0.25) is 0 Å². The van der Waals surface area contributed by atoms with Crippen molar-refractivity contribution in [2.45, 2.75) is 27.3 Å². The van der Waals surface area contributed by atoms with E-state index in [1.807, 2.05) is 23.7 Å². The predicted octanol–water partition coefficient (Wildman–Crippen LogP) is 1.65. The molecule has 2 N–H and O–H groups in total. The highest BCUT2D eigenvalue weighted by atomic mass is 15.4. The van der Waals surface area contributed by atoms with Crippen LogP contribution in [0.4, 0.5) is 0 Å². The lowest BCUT2D eigenvalue weighted by Gasteiger charge is -2.08. The minimum absolute atomic E-state index is 0.374. The zero-order chi connectivity index (χ0) is 11.7. The lowest BCUT2D eigenvalue weighted by molar-refractivity contribution is 0.806. The van der Waals surface area contributed by atoms with Crippen molar-refractivity contribution in [2.24, 2.45) is 5.73 Å². The van der Waals surface area contributed by atoms with Crippen molar-refractivity contribution in [1.82, 2.24) is 14.8 Å². The lowest BCUT2D eigenvalue weighted by atomic mass is 10.1. The van der Waals surface area contributed by atoms with Crippen LogP contribution in [0.25, 0.3) is 5.69 Å². The summed E-state index contributed by atoms with van der Waals surface area (Å²) >= 11 is 0. The summed E-state index contributed by atoms with van der Waals surface area (Å²) in [5.41, 5.74) is 9.09. The van der Waals surface area contributed by atoms with Crippen molar-refractivity contribution < 1.29 is 0 Å². The largest absolute Gasteiger partial charge is 0.324 e. The number of nitrogens with zero attached hydrogens (tertiary/aromatic N) is 3. The summed E-state index contributed by atoms with van der Waals surface area (Å²) in [6.45, 7) is 6.50. The molecular formula is C12H16N4. The first-order valence-electron chi connectivity index (χ1n) is 5.32. The maximum Gasteiger partial charge on any atom is 0.164 e. The van der Waals surface area contributed by atoms with Crippen molar-refractivity contribution in [3.8, 4) is 5.69 Å². The number of hydrogen-bond acceptors (Lipinski definition) is 3. The summed E-state index contributed by atoms with van der Waals surface area (Å²) in [6, 6.07) is 6.17. The molecule has 0 spiro atoms. The van der Waals surface area contributed by atoms with E-state index >= 15 is 0 Å². The predicted molar refractivity (Wildman–Crippen MR) is 63.5 cm³/mol. The molecule has 0 atom stereocenters. The molecule has 0 radical (unpaired) electrons. The number of nitrogens with two attached hydrogens (primary N) is 1. The summed E-state index contributed by atoms with van der Waals surface area (Å²) in [4.78, 5) is 4.30. The fourth-order valence-corrected chi connectivity index (χ4v) is 1.72. The Labute approximate surface area is 95.1 Å². The molecule has 0 aliphatic carbocycles. The topological polar surface area (TPSA) is 56.7 Å². The van der Waals surface area contributed by atoms with Gasteiger partial charge in [0.2, 0.25) is 0 Å². The fourth-order valence-electron chi connectivity index (χ4n) is 1.72. The fraction of sp³-hybridized carbons (Fsp3) is 0.333. The average Bonchev–Trinajstić information content (AvgIpc) is 2.64. The van der Waals surface area contributed by atoms with Crippen LogP contribution in [0, 0.1) is 20.8 Å². The molecule has 2 rings (SSSR count). The number of rotatable bonds is 2. The number of aromatic nitrogens is 3. The van der Waals surface area contributed by atoms with Crippen LogP contribution < -0.4 is 5.73 Å². The van der Waals surface area contributed by atoms with Crippen LogP contribution >= 0.6 is 0 Å². The third-order valence-corrected chi connectivity index (χ3v) is 2.80. The number of benzene rings is 1. The lowest BCUT2D eigenvalue weighted by Crippen LogP contribution is -2.04. The molecule has 1 heterocycles. The van der Waals surface area contributed by atoms with Gasteiger partial charge in [-0.25, -0.2) is 9.67 Å². The molecule has 0 unspecified atom stereocenters. The van der Waals surface area contributed by atoms with E-state index in [1.165, 1.54) is 11.1 Å². The van der Waals surface area contributed by atoms with Crippen LogP contribution in [0.15, 0.2) is 18.2 Å². The average molecular weight is 216 g/mol. The highest BCUT2D eigenvalue weighted by molar-refractivity contribution is 5.44. The molecular weight excluding hydrogens is 200 g/mol. The molecule has 4 nitrogen and oxygen atoms in total. The zero-order valence-corrected chi connectivity index (χ0v) is 9.86. The Bertz CT molecular complexity index is 514. The van der Waals surface area contributed by atoms with Crippen LogP contribution in [0.1, 0.15) is 22.8 Å². The van der Waals surface area contributed by atoms with E-state index in [0.717, 1.165) is 11.5 Å². The first-order valence-corrected chi connectivity index (χ1v) is 5.32. The number of hydrogen-bond donors (Lipinski definition) is 1. The monoisotopic (exact) mass is 216 g/mol. The summed E-state index contributed by atoms with van der Waals surface area (Å²) in [6.07, 6.45) is 0. The van der Waals surface area contributed by atoms with Gasteiger partial charge in [-0.3, -0.25) is 0 Å². The molecule has 0 fully saturated rings. The standard InChI is InChI=1S/C12H16N4/c1-8-5-4-6-11(9(8)2)16-10(3)14-12(7-13)15-16/h4-6H,7,13H2,1-3H3. The van der Waals surface area contributed by atoms with E-state index in [1.54, 1.807) is 0 Å². The summed E-state index contributed by atoms with van der Waals surface area (Å²) in [5.74, 6) is 1.55. The van der Waals surface area contributed by atoms with Gasteiger partial charge in [0.1, 0.15) is 5.82 Å². The van der Waals surface area contributed by atoms with E-state index in [4.69, 9.17) is 5.73 Å². The molecule has 0 saturated carbocycles. The van der Waals surface area contributed by atoms with Gasteiger partial charge in [0, 0.05) is 0 Å². The number of aryl methyl sites for hydroxylation is 2. The Hall–Kier alpha value is -1.68. The third-order valence-electron chi connectivity index (χ3n) is 2.80. The highest BCUT2D eigenvalue weighted by Gasteiger charge is 2.09. The van der Waals surface area contributed by atoms with Crippen molar-refractivity contribution in [3.05, 3.63) is 41.0 Å². The quantitative estimate of drug-likeness (QED) is 0.830. The molecule has 0 bridgehead atoms. The van der Waals surface area contributed by atoms with Gasteiger partial charge < -0.3 is 5.73 Å². The first kappa shape index (κ1) is 10.8. The molecule has 4 heteroatoms. The zero-order valence-electron chi connectivity index (χ0n) is 9.86. The Morgan fingerprint density at radius 1 is 1.25 bits per heavy atom. The molecule has 0 aliphatic rings. The summed E-state index contributed by atoms with van der Waals surface area (Å²) in [5, 5.41) is 4.38. The van der Waals surface area contributed by atoms with Gasteiger partial charge in [0.25, 0.3) is 0 Å².